The summed E-state index contributed by atoms with van der Waals surface area (Å²) in [6, 6.07) is 4.66. The predicted molar refractivity (Wildman–Crippen MR) is 68.3 cm³/mol. The van der Waals surface area contributed by atoms with E-state index in [-0.39, 0.29) is 37.8 Å². The average molecular weight is 282 g/mol. The first-order chi connectivity index (χ1) is 9.11. The quantitative estimate of drug-likeness (QED) is 0.608. The number of hydrogen-bond acceptors (Lipinski definition) is 4. The van der Waals surface area contributed by atoms with Crippen LogP contribution in [-0.4, -0.2) is 36.2 Å². The molecule has 19 heavy (non-hydrogen) atoms. The van der Waals surface area contributed by atoms with Crippen LogP contribution in [0.4, 0.5) is 0 Å². The molecule has 1 saturated heterocycles. The van der Waals surface area contributed by atoms with E-state index in [1.165, 1.54) is 11.0 Å². The summed E-state index contributed by atoms with van der Waals surface area (Å²) in [4.78, 5) is 34.5. The molecule has 2 rings (SSSR count). The van der Waals surface area contributed by atoms with Crippen molar-refractivity contribution < 1.29 is 19.1 Å². The summed E-state index contributed by atoms with van der Waals surface area (Å²) < 4.78 is 5.40. The Balaban J connectivity index is 1.91. The summed E-state index contributed by atoms with van der Waals surface area (Å²) in [5.74, 6) is 0.0818. The average Bonchev–Trinajstić information content (AvgIpc) is 2.72. The van der Waals surface area contributed by atoms with Crippen LogP contribution in [0.5, 0.6) is 5.75 Å². The van der Waals surface area contributed by atoms with Crippen molar-refractivity contribution in [3.05, 3.63) is 28.8 Å². The summed E-state index contributed by atoms with van der Waals surface area (Å²) >= 11 is 5.93. The Hall–Kier alpha value is -1.88. The van der Waals surface area contributed by atoms with Crippen molar-refractivity contribution in [1.82, 2.24) is 4.90 Å². The lowest BCUT2D eigenvalue weighted by Gasteiger charge is -2.14. The van der Waals surface area contributed by atoms with Crippen LogP contribution in [0.25, 0.3) is 0 Å². The zero-order valence-electron chi connectivity index (χ0n) is 10.1. The molecule has 1 aromatic carbocycles. The third kappa shape index (κ3) is 3.12. The minimum Gasteiger partial charge on any atom is -0.490 e. The fourth-order valence-corrected chi connectivity index (χ4v) is 2.07. The van der Waals surface area contributed by atoms with Crippen LogP contribution in [0.15, 0.2) is 18.2 Å². The molecule has 2 amide bonds. The maximum absolute atomic E-state index is 11.4. The van der Waals surface area contributed by atoms with Crippen LogP contribution in [0.2, 0.25) is 5.02 Å². The molecule has 0 aliphatic carbocycles. The van der Waals surface area contributed by atoms with Gasteiger partial charge in [0.25, 0.3) is 0 Å². The molecule has 1 fully saturated rings. The van der Waals surface area contributed by atoms with Gasteiger partial charge in [0.1, 0.15) is 18.6 Å². The number of rotatable bonds is 5. The Morgan fingerprint density at radius 3 is 2.53 bits per heavy atom. The van der Waals surface area contributed by atoms with Crippen LogP contribution in [-0.2, 0) is 9.59 Å². The highest BCUT2D eigenvalue weighted by atomic mass is 35.5. The SMILES string of the molecule is O=Cc1ccc(OCCN2C(=O)CCC2=O)c(Cl)c1. The normalized spacial score (nSPS) is 14.9. The molecule has 0 unspecified atom stereocenters. The number of ether oxygens (including phenoxy) is 1. The minimum atomic E-state index is -0.170. The summed E-state index contributed by atoms with van der Waals surface area (Å²) in [6.45, 7) is 0.390. The van der Waals surface area contributed by atoms with Crippen LogP contribution < -0.4 is 4.74 Å². The Kier molecular flexibility index (Phi) is 4.16. The molecule has 0 N–H and O–H groups in total. The Bertz CT molecular complexity index is 513. The summed E-state index contributed by atoms with van der Waals surface area (Å²) in [5.41, 5.74) is 0.460. The molecule has 5 nitrogen and oxygen atoms in total. The van der Waals surface area contributed by atoms with Crippen LogP contribution in [0.3, 0.4) is 0 Å². The number of amides is 2. The molecular weight excluding hydrogens is 270 g/mol. The molecule has 0 bridgehead atoms. The van der Waals surface area contributed by atoms with Crippen molar-refractivity contribution >= 4 is 29.7 Å². The number of carbonyl (C=O) groups excluding carboxylic acids is 3. The standard InChI is InChI=1S/C13H12ClNO4/c14-10-7-9(8-16)1-2-11(10)19-6-5-15-12(17)3-4-13(15)18/h1-2,7-8H,3-6H2. The first-order valence-corrected chi connectivity index (χ1v) is 6.20. The van der Waals surface area contributed by atoms with Crippen molar-refractivity contribution in [1.29, 1.82) is 0 Å². The topological polar surface area (TPSA) is 63.7 Å². The van der Waals surface area contributed by atoms with Gasteiger partial charge >= 0.3 is 0 Å². The molecule has 0 radical (unpaired) electrons. The highest BCUT2D eigenvalue weighted by molar-refractivity contribution is 6.32. The van der Waals surface area contributed by atoms with E-state index in [1.807, 2.05) is 0 Å². The molecular formula is C13H12ClNO4. The number of hydrogen-bond donors (Lipinski definition) is 0. The molecule has 0 saturated carbocycles. The van der Waals surface area contributed by atoms with Crippen LogP contribution in [0, 0.1) is 0 Å². The number of carbonyl (C=O) groups is 3. The zero-order valence-corrected chi connectivity index (χ0v) is 10.9. The molecule has 1 aliphatic rings. The number of aldehydes is 1. The molecule has 100 valence electrons. The van der Waals surface area contributed by atoms with Crippen LogP contribution in [0.1, 0.15) is 23.2 Å². The van der Waals surface area contributed by atoms with Crippen molar-refractivity contribution in [2.24, 2.45) is 0 Å². The lowest BCUT2D eigenvalue weighted by Crippen LogP contribution is -2.33. The first kappa shape index (κ1) is 13.5. The zero-order chi connectivity index (χ0) is 13.8. The van der Waals surface area contributed by atoms with Gasteiger partial charge in [-0.05, 0) is 18.2 Å². The number of benzene rings is 1. The van der Waals surface area contributed by atoms with E-state index in [0.717, 1.165) is 0 Å². The molecule has 0 spiro atoms. The van der Waals surface area contributed by atoms with Gasteiger partial charge in [-0.1, -0.05) is 11.6 Å². The second-order valence-corrected chi connectivity index (χ2v) is 4.50. The predicted octanol–water partition coefficient (Wildman–Crippen LogP) is 1.68. The maximum Gasteiger partial charge on any atom is 0.229 e. The highest BCUT2D eigenvalue weighted by Crippen LogP contribution is 2.25. The third-order valence-electron chi connectivity index (χ3n) is 2.82. The van der Waals surface area contributed by atoms with Gasteiger partial charge in [-0.15, -0.1) is 0 Å². The molecule has 1 aliphatic heterocycles. The van der Waals surface area contributed by atoms with E-state index in [1.54, 1.807) is 12.1 Å². The molecule has 0 aromatic heterocycles. The Morgan fingerprint density at radius 1 is 1.26 bits per heavy atom. The van der Waals surface area contributed by atoms with Gasteiger partial charge < -0.3 is 4.74 Å². The molecule has 0 atom stereocenters. The number of likely N-dealkylation sites (tertiary alicyclic amines) is 1. The van der Waals surface area contributed by atoms with Gasteiger partial charge in [-0.25, -0.2) is 0 Å². The van der Waals surface area contributed by atoms with E-state index in [4.69, 9.17) is 16.3 Å². The summed E-state index contributed by atoms with van der Waals surface area (Å²) in [7, 11) is 0. The lowest BCUT2D eigenvalue weighted by atomic mass is 10.2. The number of halogens is 1. The lowest BCUT2D eigenvalue weighted by molar-refractivity contribution is -0.138. The van der Waals surface area contributed by atoms with Crippen LogP contribution >= 0.6 is 11.6 Å². The van der Waals surface area contributed by atoms with Crippen molar-refractivity contribution in [3.63, 3.8) is 0 Å². The van der Waals surface area contributed by atoms with Gasteiger partial charge in [0, 0.05) is 18.4 Å². The second kappa shape index (κ2) is 5.84. The number of imide groups is 1. The first-order valence-electron chi connectivity index (χ1n) is 5.82. The number of nitrogens with zero attached hydrogens (tertiary/aromatic N) is 1. The smallest absolute Gasteiger partial charge is 0.229 e. The highest BCUT2D eigenvalue weighted by Gasteiger charge is 2.28. The van der Waals surface area contributed by atoms with Gasteiger partial charge in [0.2, 0.25) is 11.8 Å². The monoisotopic (exact) mass is 281 g/mol. The third-order valence-corrected chi connectivity index (χ3v) is 3.11. The van der Waals surface area contributed by atoms with Gasteiger partial charge in [-0.2, -0.15) is 0 Å². The van der Waals surface area contributed by atoms with E-state index < -0.39 is 0 Å². The summed E-state index contributed by atoms with van der Waals surface area (Å²) in [5, 5.41) is 0.323. The fourth-order valence-electron chi connectivity index (χ4n) is 1.83. The molecule has 1 heterocycles. The minimum absolute atomic E-state index is 0.170. The Morgan fingerprint density at radius 2 is 1.95 bits per heavy atom. The van der Waals surface area contributed by atoms with Gasteiger partial charge in [0.05, 0.1) is 11.6 Å². The van der Waals surface area contributed by atoms with Gasteiger partial charge in [-0.3, -0.25) is 19.3 Å². The van der Waals surface area contributed by atoms with E-state index in [9.17, 15) is 14.4 Å². The summed E-state index contributed by atoms with van der Waals surface area (Å²) in [6.07, 6.45) is 1.23. The molecule has 6 heteroatoms. The van der Waals surface area contributed by atoms with Crippen molar-refractivity contribution in [2.45, 2.75) is 12.8 Å². The second-order valence-electron chi connectivity index (χ2n) is 4.10. The largest absolute Gasteiger partial charge is 0.490 e. The van der Waals surface area contributed by atoms with Crippen molar-refractivity contribution in [2.75, 3.05) is 13.2 Å². The van der Waals surface area contributed by atoms with E-state index in [0.29, 0.717) is 22.6 Å². The van der Waals surface area contributed by atoms with E-state index >= 15 is 0 Å². The van der Waals surface area contributed by atoms with E-state index in [2.05, 4.69) is 0 Å². The Labute approximate surface area is 115 Å². The van der Waals surface area contributed by atoms with Crippen molar-refractivity contribution in [3.8, 4) is 5.75 Å². The molecule has 1 aromatic rings. The fraction of sp³-hybridized carbons (Fsp3) is 0.308. The van der Waals surface area contributed by atoms with Gasteiger partial charge in [0.15, 0.2) is 0 Å². The maximum atomic E-state index is 11.4.